The van der Waals surface area contributed by atoms with Gasteiger partial charge in [-0.2, -0.15) is 5.10 Å². The van der Waals surface area contributed by atoms with Gasteiger partial charge in [-0.15, -0.1) is 0 Å². The molecule has 2 aromatic carbocycles. The SMILES string of the molecule is C[C@H]1[C@H](C)CCC[C@@H]1NC(=O)Cn1ncc2c3ccccc3n(Cc3ccccc3F)c2c1=O. The van der Waals surface area contributed by atoms with E-state index < -0.39 is 0 Å². The maximum absolute atomic E-state index is 14.5. The molecule has 2 heterocycles. The van der Waals surface area contributed by atoms with E-state index in [1.54, 1.807) is 24.4 Å². The molecule has 1 N–H and O–H groups in total. The van der Waals surface area contributed by atoms with E-state index in [0.29, 0.717) is 28.3 Å². The van der Waals surface area contributed by atoms with Gasteiger partial charge in [0.05, 0.1) is 12.7 Å². The van der Waals surface area contributed by atoms with Crippen LogP contribution < -0.4 is 10.9 Å². The molecule has 0 spiro atoms. The zero-order valence-corrected chi connectivity index (χ0v) is 19.5. The van der Waals surface area contributed by atoms with Gasteiger partial charge in [0.2, 0.25) is 5.91 Å². The van der Waals surface area contributed by atoms with Crippen LogP contribution >= 0.6 is 0 Å². The number of nitrogens with one attached hydrogen (secondary N) is 1. The third-order valence-corrected chi connectivity index (χ3v) is 7.41. The second kappa shape index (κ2) is 9.05. The number of aromatic nitrogens is 3. The number of rotatable bonds is 5. The van der Waals surface area contributed by atoms with Crippen LogP contribution in [0.3, 0.4) is 0 Å². The van der Waals surface area contributed by atoms with Crippen molar-refractivity contribution in [2.45, 2.75) is 52.2 Å². The van der Waals surface area contributed by atoms with Gasteiger partial charge < -0.3 is 9.88 Å². The lowest BCUT2D eigenvalue weighted by Gasteiger charge is -2.34. The summed E-state index contributed by atoms with van der Waals surface area (Å²) in [6.45, 7) is 4.46. The number of fused-ring (bicyclic) bond motifs is 3. The molecule has 1 aliphatic carbocycles. The highest BCUT2D eigenvalue weighted by Crippen LogP contribution is 2.30. The third kappa shape index (κ3) is 4.00. The molecule has 5 rings (SSSR count). The molecule has 4 aromatic rings. The summed E-state index contributed by atoms with van der Waals surface area (Å²) < 4.78 is 17.5. The van der Waals surface area contributed by atoms with E-state index in [2.05, 4.69) is 24.3 Å². The van der Waals surface area contributed by atoms with Crippen molar-refractivity contribution >= 4 is 27.7 Å². The number of para-hydroxylation sites is 1. The molecule has 0 unspecified atom stereocenters. The monoisotopic (exact) mass is 460 g/mol. The highest BCUT2D eigenvalue weighted by atomic mass is 19.1. The van der Waals surface area contributed by atoms with Gasteiger partial charge in [0, 0.05) is 27.9 Å². The smallest absolute Gasteiger partial charge is 0.291 e. The minimum absolute atomic E-state index is 0.114. The van der Waals surface area contributed by atoms with Crippen molar-refractivity contribution in [1.82, 2.24) is 19.7 Å². The Balaban J connectivity index is 1.52. The maximum atomic E-state index is 14.5. The molecule has 1 aliphatic rings. The summed E-state index contributed by atoms with van der Waals surface area (Å²) in [5.41, 5.74) is 1.38. The lowest BCUT2D eigenvalue weighted by Crippen LogP contribution is -2.45. The fourth-order valence-corrected chi connectivity index (χ4v) is 5.24. The van der Waals surface area contributed by atoms with Crippen molar-refractivity contribution in [2.75, 3.05) is 0 Å². The molecule has 3 atom stereocenters. The van der Waals surface area contributed by atoms with Crippen LogP contribution in [0.4, 0.5) is 4.39 Å². The van der Waals surface area contributed by atoms with Gasteiger partial charge in [-0.1, -0.05) is 63.1 Å². The maximum Gasteiger partial charge on any atom is 0.291 e. The molecular weight excluding hydrogens is 431 g/mol. The van der Waals surface area contributed by atoms with E-state index in [9.17, 15) is 14.0 Å². The first-order valence-electron chi connectivity index (χ1n) is 11.9. The van der Waals surface area contributed by atoms with Crippen LogP contribution in [-0.2, 0) is 17.9 Å². The zero-order chi connectivity index (χ0) is 23.8. The molecule has 0 saturated heterocycles. The van der Waals surface area contributed by atoms with E-state index >= 15 is 0 Å². The Morgan fingerprint density at radius 2 is 1.85 bits per heavy atom. The van der Waals surface area contributed by atoms with Gasteiger partial charge in [0.25, 0.3) is 5.56 Å². The van der Waals surface area contributed by atoms with Gasteiger partial charge in [-0.25, -0.2) is 9.07 Å². The summed E-state index contributed by atoms with van der Waals surface area (Å²) in [7, 11) is 0. The van der Waals surface area contributed by atoms with Crippen LogP contribution in [0.2, 0.25) is 0 Å². The molecule has 0 bridgehead atoms. The lowest BCUT2D eigenvalue weighted by atomic mass is 9.78. The molecule has 1 fully saturated rings. The number of hydrogen-bond acceptors (Lipinski definition) is 3. The molecule has 0 radical (unpaired) electrons. The van der Waals surface area contributed by atoms with E-state index in [-0.39, 0.29) is 36.4 Å². The Kier molecular flexibility index (Phi) is 5.94. The van der Waals surface area contributed by atoms with E-state index in [1.807, 2.05) is 28.8 Å². The predicted octanol–water partition coefficient (Wildman–Crippen LogP) is 4.48. The normalized spacial score (nSPS) is 20.6. The number of nitrogens with zero attached hydrogens (tertiary/aromatic N) is 3. The highest BCUT2D eigenvalue weighted by Gasteiger charge is 2.28. The minimum atomic E-state index is -0.356. The Morgan fingerprint density at radius 1 is 1.09 bits per heavy atom. The molecule has 176 valence electrons. The van der Waals surface area contributed by atoms with Crippen molar-refractivity contribution in [3.63, 3.8) is 0 Å². The molecule has 34 heavy (non-hydrogen) atoms. The van der Waals surface area contributed by atoms with E-state index in [4.69, 9.17) is 0 Å². The van der Waals surface area contributed by atoms with Crippen molar-refractivity contribution in [3.8, 4) is 0 Å². The largest absolute Gasteiger partial charge is 0.351 e. The first-order valence-corrected chi connectivity index (χ1v) is 11.9. The van der Waals surface area contributed by atoms with Crippen LogP contribution in [0.25, 0.3) is 21.8 Å². The number of benzene rings is 2. The second-order valence-corrected chi connectivity index (χ2v) is 9.51. The predicted molar refractivity (Wildman–Crippen MR) is 131 cm³/mol. The summed E-state index contributed by atoms with van der Waals surface area (Å²) >= 11 is 0. The molecule has 7 heteroatoms. The lowest BCUT2D eigenvalue weighted by molar-refractivity contribution is -0.123. The van der Waals surface area contributed by atoms with Crippen molar-refractivity contribution < 1.29 is 9.18 Å². The molecule has 1 amide bonds. The molecule has 1 saturated carbocycles. The van der Waals surface area contributed by atoms with Gasteiger partial charge in [0.15, 0.2) is 0 Å². The van der Waals surface area contributed by atoms with Gasteiger partial charge in [-0.3, -0.25) is 9.59 Å². The Bertz CT molecular complexity index is 1420. The van der Waals surface area contributed by atoms with Crippen LogP contribution in [-0.4, -0.2) is 26.3 Å². The quantitative estimate of drug-likeness (QED) is 0.478. The Hall–Kier alpha value is -3.48. The van der Waals surface area contributed by atoms with Crippen molar-refractivity contribution in [3.05, 3.63) is 76.5 Å². The summed E-state index contributed by atoms with van der Waals surface area (Å²) in [5, 5.41) is 9.01. The summed E-state index contributed by atoms with van der Waals surface area (Å²) in [5.74, 6) is 0.424. The average molecular weight is 461 g/mol. The first kappa shape index (κ1) is 22.3. The number of carbonyl (C=O) groups excluding carboxylic acids is 1. The highest BCUT2D eigenvalue weighted by molar-refractivity contribution is 6.07. The Labute approximate surface area is 197 Å². The zero-order valence-electron chi connectivity index (χ0n) is 19.5. The van der Waals surface area contributed by atoms with E-state index in [1.165, 1.54) is 17.2 Å². The summed E-state index contributed by atoms with van der Waals surface area (Å²) in [6.07, 6.45) is 4.86. The number of carbonyl (C=O) groups is 1. The minimum Gasteiger partial charge on any atom is -0.351 e. The second-order valence-electron chi connectivity index (χ2n) is 9.51. The number of halogens is 1. The van der Waals surface area contributed by atoms with Gasteiger partial charge >= 0.3 is 0 Å². The van der Waals surface area contributed by atoms with Crippen molar-refractivity contribution in [2.24, 2.45) is 11.8 Å². The summed E-state index contributed by atoms with van der Waals surface area (Å²) in [6, 6.07) is 14.3. The van der Waals surface area contributed by atoms with Crippen molar-refractivity contribution in [1.29, 1.82) is 0 Å². The van der Waals surface area contributed by atoms with Crippen LogP contribution in [0.1, 0.15) is 38.7 Å². The average Bonchev–Trinajstić information content (AvgIpc) is 3.14. The van der Waals surface area contributed by atoms with Gasteiger partial charge in [0.1, 0.15) is 17.9 Å². The number of hydrogen-bond donors (Lipinski definition) is 1. The van der Waals surface area contributed by atoms with Crippen LogP contribution in [0, 0.1) is 17.7 Å². The topological polar surface area (TPSA) is 68.9 Å². The number of amides is 1. The molecule has 6 nitrogen and oxygen atoms in total. The molecular formula is C27H29FN4O2. The summed E-state index contributed by atoms with van der Waals surface area (Å²) in [4.78, 5) is 26.4. The molecule has 0 aliphatic heterocycles. The van der Waals surface area contributed by atoms with Gasteiger partial charge in [-0.05, 0) is 30.4 Å². The first-order chi connectivity index (χ1) is 16.4. The van der Waals surface area contributed by atoms with Crippen LogP contribution in [0.5, 0.6) is 0 Å². The molecule has 2 aromatic heterocycles. The Morgan fingerprint density at radius 3 is 2.68 bits per heavy atom. The third-order valence-electron chi connectivity index (χ3n) is 7.41. The van der Waals surface area contributed by atoms with Crippen LogP contribution in [0.15, 0.2) is 59.5 Å². The fraction of sp³-hybridized carbons (Fsp3) is 0.370. The van der Waals surface area contributed by atoms with E-state index in [0.717, 1.165) is 23.7 Å². The fourth-order valence-electron chi connectivity index (χ4n) is 5.24. The standard InChI is InChI=1S/C27H29FN4O2/c1-17-8-7-12-23(18(17)2)30-25(33)16-32-27(34)26-21(14-29-32)20-10-4-6-13-24(20)31(26)15-19-9-3-5-11-22(19)28/h3-6,9-11,13-14,17-18,23H,7-8,12,15-16H2,1-2H3,(H,30,33)/t17-,18+,23+/m1/s1.